The molecular weight excluding hydrogens is 412 g/mol. The second-order valence-corrected chi connectivity index (χ2v) is 6.30. The van der Waals surface area contributed by atoms with Gasteiger partial charge in [-0.2, -0.15) is 0 Å². The van der Waals surface area contributed by atoms with Crippen molar-refractivity contribution in [3.8, 4) is 5.75 Å². The lowest BCUT2D eigenvalue weighted by molar-refractivity contribution is -0.384. The van der Waals surface area contributed by atoms with E-state index in [-0.39, 0.29) is 24.4 Å². The predicted octanol–water partition coefficient (Wildman–Crippen LogP) is 1.89. The molecule has 0 aromatic heterocycles. The molecule has 0 fully saturated rings. The van der Waals surface area contributed by atoms with E-state index in [2.05, 4.69) is 10.6 Å². The van der Waals surface area contributed by atoms with Crippen molar-refractivity contribution in [1.29, 1.82) is 0 Å². The number of benzene rings is 2. The number of nitro groups is 2. The highest BCUT2D eigenvalue weighted by Gasteiger charge is 2.15. The molecule has 170 valence electrons. The van der Waals surface area contributed by atoms with Gasteiger partial charge in [0.05, 0.1) is 22.6 Å². The minimum Gasteiger partial charge on any atom is -0.465 e. The topological polar surface area (TPSA) is 180 Å². The number of aliphatic hydroxyl groups excluding tert-OH is 3. The second kappa shape index (κ2) is 12.3. The standard InChI is InChI=1S/C10H14N2O4.C9H12N2O4/c1-11-9-5-7(4-8(14)6-13)2-3-10(9)12(15)16;1-6(12)15-7-3-4-9(11(13)14)8(5-7)10-2/h2-3,5,8,11,13-14H,4,6H2,1H3;3-6,10,12H,1-2H3. The van der Waals surface area contributed by atoms with E-state index in [0.717, 1.165) is 5.56 Å². The number of rotatable bonds is 9. The second-order valence-electron chi connectivity index (χ2n) is 6.30. The van der Waals surface area contributed by atoms with Gasteiger partial charge in [-0.05, 0) is 24.6 Å². The normalized spacial score (nSPS) is 12.1. The summed E-state index contributed by atoms with van der Waals surface area (Å²) in [6.45, 7) is 1.13. The van der Waals surface area contributed by atoms with Gasteiger partial charge in [0.2, 0.25) is 0 Å². The maximum Gasteiger partial charge on any atom is 0.292 e. The average Bonchev–Trinajstić information content (AvgIpc) is 2.72. The number of ether oxygens (including phenoxy) is 1. The third kappa shape index (κ3) is 8.04. The SMILES string of the molecule is CNc1cc(CC(O)CO)ccc1[N+](=O)[O-].CNc1cc(OC(C)O)ccc1[N+](=O)[O-]. The Balaban J connectivity index is 0.000000311. The molecule has 2 aromatic carbocycles. The van der Waals surface area contributed by atoms with Crippen LogP contribution in [0.3, 0.4) is 0 Å². The lowest BCUT2D eigenvalue weighted by Gasteiger charge is -2.10. The molecule has 0 aliphatic rings. The molecule has 0 bridgehead atoms. The molecule has 2 aromatic rings. The Hall–Kier alpha value is -3.48. The maximum absolute atomic E-state index is 10.6. The van der Waals surface area contributed by atoms with Crippen LogP contribution in [0.15, 0.2) is 36.4 Å². The lowest BCUT2D eigenvalue weighted by Crippen LogP contribution is -2.15. The van der Waals surface area contributed by atoms with Gasteiger partial charge in [0.25, 0.3) is 11.4 Å². The summed E-state index contributed by atoms with van der Waals surface area (Å²) in [4.78, 5) is 20.3. The highest BCUT2D eigenvalue weighted by molar-refractivity contribution is 5.64. The average molecular weight is 438 g/mol. The van der Waals surface area contributed by atoms with Crippen molar-refractivity contribution >= 4 is 22.7 Å². The minimum absolute atomic E-state index is 0.00950. The lowest BCUT2D eigenvalue weighted by atomic mass is 10.1. The zero-order chi connectivity index (χ0) is 23.6. The number of hydrogen-bond acceptors (Lipinski definition) is 10. The number of aliphatic hydroxyl groups is 3. The molecular formula is C19H26N4O8. The summed E-state index contributed by atoms with van der Waals surface area (Å²) < 4.78 is 4.98. The molecule has 0 spiro atoms. The number of nitro benzene ring substituents is 2. The van der Waals surface area contributed by atoms with Crippen LogP contribution in [0.1, 0.15) is 12.5 Å². The minimum atomic E-state index is -0.948. The molecule has 2 unspecified atom stereocenters. The van der Waals surface area contributed by atoms with E-state index in [1.54, 1.807) is 26.2 Å². The third-order valence-electron chi connectivity index (χ3n) is 3.95. The van der Waals surface area contributed by atoms with E-state index in [4.69, 9.17) is 14.9 Å². The smallest absolute Gasteiger partial charge is 0.292 e. The molecule has 31 heavy (non-hydrogen) atoms. The molecule has 12 nitrogen and oxygen atoms in total. The van der Waals surface area contributed by atoms with Crippen LogP contribution in [-0.4, -0.2) is 58.3 Å². The molecule has 0 saturated carbocycles. The van der Waals surface area contributed by atoms with Crippen molar-refractivity contribution in [2.75, 3.05) is 31.3 Å². The van der Waals surface area contributed by atoms with Crippen molar-refractivity contribution in [3.63, 3.8) is 0 Å². The van der Waals surface area contributed by atoms with Crippen LogP contribution in [0.5, 0.6) is 5.75 Å². The summed E-state index contributed by atoms with van der Waals surface area (Å²) in [5.74, 6) is 0.375. The van der Waals surface area contributed by atoms with E-state index >= 15 is 0 Å². The Morgan fingerprint density at radius 1 is 0.968 bits per heavy atom. The van der Waals surface area contributed by atoms with Crippen molar-refractivity contribution in [2.45, 2.75) is 25.7 Å². The van der Waals surface area contributed by atoms with Gasteiger partial charge >= 0.3 is 0 Å². The van der Waals surface area contributed by atoms with Gasteiger partial charge in [-0.25, -0.2) is 0 Å². The van der Waals surface area contributed by atoms with Crippen LogP contribution in [0, 0.1) is 20.2 Å². The van der Waals surface area contributed by atoms with Crippen molar-refractivity contribution in [2.24, 2.45) is 0 Å². The number of nitrogens with zero attached hydrogens (tertiary/aromatic N) is 2. The summed E-state index contributed by atoms with van der Waals surface area (Å²) >= 11 is 0. The molecule has 12 heteroatoms. The number of nitrogens with one attached hydrogen (secondary N) is 2. The largest absolute Gasteiger partial charge is 0.465 e. The quantitative estimate of drug-likeness (QED) is 0.220. The van der Waals surface area contributed by atoms with Crippen LogP contribution in [0.2, 0.25) is 0 Å². The summed E-state index contributed by atoms with van der Waals surface area (Å²) in [6, 6.07) is 8.76. The Kier molecular flexibility index (Phi) is 10.1. The predicted molar refractivity (Wildman–Crippen MR) is 114 cm³/mol. The van der Waals surface area contributed by atoms with Gasteiger partial charge in [0, 0.05) is 38.7 Å². The van der Waals surface area contributed by atoms with Crippen LogP contribution < -0.4 is 15.4 Å². The Morgan fingerprint density at radius 3 is 1.94 bits per heavy atom. The van der Waals surface area contributed by atoms with Crippen LogP contribution in [0.4, 0.5) is 22.7 Å². The molecule has 0 aliphatic carbocycles. The first-order valence-corrected chi connectivity index (χ1v) is 9.17. The highest BCUT2D eigenvalue weighted by atomic mass is 16.6. The molecule has 0 aliphatic heterocycles. The summed E-state index contributed by atoms with van der Waals surface area (Å²) in [7, 11) is 3.17. The molecule has 0 heterocycles. The van der Waals surface area contributed by atoms with E-state index in [1.807, 2.05) is 0 Å². The van der Waals surface area contributed by atoms with E-state index < -0.39 is 22.2 Å². The number of hydrogen-bond donors (Lipinski definition) is 5. The summed E-state index contributed by atoms with van der Waals surface area (Å²) in [6.07, 6.45) is -1.52. The molecule has 0 amide bonds. The maximum atomic E-state index is 10.6. The van der Waals surface area contributed by atoms with E-state index in [9.17, 15) is 25.3 Å². The first-order valence-electron chi connectivity index (χ1n) is 9.17. The molecule has 0 radical (unpaired) electrons. The summed E-state index contributed by atoms with van der Waals surface area (Å²) in [5.41, 5.74) is 1.43. The van der Waals surface area contributed by atoms with Crippen molar-refractivity contribution in [3.05, 3.63) is 62.2 Å². The van der Waals surface area contributed by atoms with Crippen molar-refractivity contribution < 1.29 is 29.9 Å². The molecule has 0 saturated heterocycles. The monoisotopic (exact) mass is 438 g/mol. The van der Waals surface area contributed by atoms with Gasteiger partial charge in [0.1, 0.15) is 17.1 Å². The zero-order valence-corrected chi connectivity index (χ0v) is 17.3. The third-order valence-corrected chi connectivity index (χ3v) is 3.95. The van der Waals surface area contributed by atoms with Gasteiger partial charge in [0.15, 0.2) is 6.29 Å². The Bertz CT molecular complexity index is 891. The van der Waals surface area contributed by atoms with Gasteiger partial charge in [-0.1, -0.05) is 6.07 Å². The van der Waals surface area contributed by atoms with Crippen LogP contribution in [-0.2, 0) is 6.42 Å². The first-order chi connectivity index (χ1) is 14.6. The van der Waals surface area contributed by atoms with Crippen molar-refractivity contribution in [1.82, 2.24) is 0 Å². The van der Waals surface area contributed by atoms with E-state index in [1.165, 1.54) is 31.2 Å². The van der Waals surface area contributed by atoms with Gasteiger partial charge < -0.3 is 30.7 Å². The Labute approximate surface area is 178 Å². The molecule has 5 N–H and O–H groups in total. The Morgan fingerprint density at radius 2 is 1.48 bits per heavy atom. The zero-order valence-electron chi connectivity index (χ0n) is 17.3. The molecule has 2 rings (SSSR count). The van der Waals surface area contributed by atoms with Gasteiger partial charge in [-0.3, -0.25) is 20.2 Å². The fourth-order valence-corrected chi connectivity index (χ4v) is 2.55. The van der Waals surface area contributed by atoms with Crippen LogP contribution in [0.25, 0.3) is 0 Å². The fourth-order valence-electron chi connectivity index (χ4n) is 2.55. The van der Waals surface area contributed by atoms with E-state index in [0.29, 0.717) is 17.1 Å². The summed E-state index contributed by atoms with van der Waals surface area (Å²) in [5, 5.41) is 53.6. The fraction of sp³-hybridized carbons (Fsp3) is 0.368. The highest BCUT2D eigenvalue weighted by Crippen LogP contribution is 2.28. The van der Waals surface area contributed by atoms with Gasteiger partial charge in [-0.15, -0.1) is 0 Å². The number of anilines is 2. The first kappa shape index (κ1) is 25.6. The molecule has 2 atom stereocenters. The van der Waals surface area contributed by atoms with Crippen LogP contribution >= 0.6 is 0 Å².